The van der Waals surface area contributed by atoms with E-state index < -0.39 is 9.84 Å². The summed E-state index contributed by atoms with van der Waals surface area (Å²) in [6, 6.07) is 11.9. The van der Waals surface area contributed by atoms with Crippen LogP contribution in [0.2, 0.25) is 0 Å². The first kappa shape index (κ1) is 12.4. The van der Waals surface area contributed by atoms with E-state index in [9.17, 15) is 8.42 Å². The number of fused-ring (bicyclic) bond motifs is 1. The Hall–Kier alpha value is -1.62. The predicted molar refractivity (Wildman–Crippen MR) is 77.0 cm³/mol. The largest absolute Gasteiger partial charge is 0.370 e. The Labute approximate surface area is 112 Å². The van der Waals surface area contributed by atoms with Gasteiger partial charge in [0.1, 0.15) is 5.82 Å². The Morgan fingerprint density at radius 2 is 2.05 bits per heavy atom. The van der Waals surface area contributed by atoms with Crippen molar-refractivity contribution in [2.24, 2.45) is 5.92 Å². The number of aromatic nitrogens is 1. The number of hydrogen-bond acceptors (Lipinski definition) is 4. The lowest BCUT2D eigenvalue weighted by Crippen LogP contribution is -2.16. The summed E-state index contributed by atoms with van der Waals surface area (Å²) in [5.41, 5.74) is 0.951. The van der Waals surface area contributed by atoms with Gasteiger partial charge in [-0.1, -0.05) is 18.2 Å². The minimum Gasteiger partial charge on any atom is -0.370 e. The molecule has 0 bridgehead atoms. The third-order valence-corrected chi connectivity index (χ3v) is 5.33. The predicted octanol–water partition coefficient (Wildman–Crippen LogP) is 2.08. The van der Waals surface area contributed by atoms with E-state index in [2.05, 4.69) is 10.3 Å². The van der Waals surface area contributed by atoms with Gasteiger partial charge in [0.05, 0.1) is 17.0 Å². The van der Waals surface area contributed by atoms with Gasteiger partial charge in [0.15, 0.2) is 9.84 Å². The summed E-state index contributed by atoms with van der Waals surface area (Å²) in [7, 11) is -2.79. The lowest BCUT2D eigenvalue weighted by Gasteiger charge is -2.10. The minimum absolute atomic E-state index is 0.207. The van der Waals surface area contributed by atoms with Gasteiger partial charge in [0.25, 0.3) is 0 Å². The summed E-state index contributed by atoms with van der Waals surface area (Å²) in [6.07, 6.45) is 0.753. The molecule has 0 radical (unpaired) electrons. The maximum Gasteiger partial charge on any atom is 0.150 e. The zero-order valence-corrected chi connectivity index (χ0v) is 11.4. The molecule has 3 rings (SSSR count). The Kier molecular flexibility index (Phi) is 3.14. The molecule has 1 aliphatic heterocycles. The normalized spacial score (nSPS) is 21.6. The van der Waals surface area contributed by atoms with Gasteiger partial charge in [-0.25, -0.2) is 13.4 Å². The molecule has 0 amide bonds. The molecule has 4 nitrogen and oxygen atoms in total. The molecular formula is C14H16N2O2S. The first-order chi connectivity index (χ1) is 9.12. The Balaban J connectivity index is 1.69. The number of rotatable bonds is 3. The van der Waals surface area contributed by atoms with E-state index in [1.165, 1.54) is 0 Å². The van der Waals surface area contributed by atoms with E-state index in [-0.39, 0.29) is 5.92 Å². The van der Waals surface area contributed by atoms with Crippen molar-refractivity contribution in [3.63, 3.8) is 0 Å². The fraction of sp³-hybridized carbons (Fsp3) is 0.357. The van der Waals surface area contributed by atoms with Gasteiger partial charge >= 0.3 is 0 Å². The van der Waals surface area contributed by atoms with Crippen molar-refractivity contribution in [1.82, 2.24) is 4.98 Å². The quantitative estimate of drug-likeness (QED) is 0.932. The zero-order chi connectivity index (χ0) is 13.3. The highest BCUT2D eigenvalue weighted by Crippen LogP contribution is 2.20. The molecule has 1 saturated heterocycles. The number of sulfone groups is 1. The first-order valence-corrected chi connectivity index (χ1v) is 8.25. The van der Waals surface area contributed by atoms with Gasteiger partial charge < -0.3 is 5.32 Å². The highest BCUT2D eigenvalue weighted by Gasteiger charge is 2.27. The molecule has 0 spiro atoms. The van der Waals surface area contributed by atoms with E-state index in [4.69, 9.17) is 0 Å². The maximum atomic E-state index is 11.4. The second-order valence-corrected chi connectivity index (χ2v) is 7.27. The number of hydrogen-bond donors (Lipinski definition) is 1. The fourth-order valence-electron chi connectivity index (χ4n) is 2.45. The summed E-state index contributed by atoms with van der Waals surface area (Å²) in [6.45, 7) is 0.671. The molecule has 100 valence electrons. The van der Waals surface area contributed by atoms with E-state index in [1.54, 1.807) is 0 Å². The van der Waals surface area contributed by atoms with Crippen LogP contribution < -0.4 is 5.32 Å². The third kappa shape index (κ3) is 2.87. The number of nitrogens with zero attached hydrogens (tertiary/aromatic N) is 1. The average Bonchev–Trinajstić information content (AvgIpc) is 2.76. The zero-order valence-electron chi connectivity index (χ0n) is 10.5. The Bertz CT molecular complexity index is 697. The minimum atomic E-state index is -2.79. The van der Waals surface area contributed by atoms with Crippen molar-refractivity contribution in [2.45, 2.75) is 6.42 Å². The molecule has 1 aliphatic rings. The summed E-state index contributed by atoms with van der Waals surface area (Å²) in [5, 5.41) is 4.35. The molecule has 0 aliphatic carbocycles. The van der Waals surface area contributed by atoms with Crippen LogP contribution in [0.15, 0.2) is 36.4 Å². The van der Waals surface area contributed by atoms with Gasteiger partial charge in [-0.3, -0.25) is 0 Å². The molecular weight excluding hydrogens is 260 g/mol. The van der Waals surface area contributed by atoms with Crippen molar-refractivity contribution in [3.05, 3.63) is 36.4 Å². The van der Waals surface area contributed by atoms with Gasteiger partial charge in [-0.2, -0.15) is 0 Å². The Morgan fingerprint density at radius 1 is 1.21 bits per heavy atom. The maximum absolute atomic E-state index is 11.4. The van der Waals surface area contributed by atoms with Crippen LogP contribution in [-0.4, -0.2) is 31.5 Å². The van der Waals surface area contributed by atoms with Crippen LogP contribution in [0.4, 0.5) is 5.82 Å². The average molecular weight is 276 g/mol. The molecule has 1 N–H and O–H groups in total. The van der Waals surface area contributed by atoms with Crippen LogP contribution in [0.5, 0.6) is 0 Å². The van der Waals surface area contributed by atoms with Gasteiger partial charge in [0, 0.05) is 11.9 Å². The molecule has 19 heavy (non-hydrogen) atoms. The van der Waals surface area contributed by atoms with Gasteiger partial charge in [-0.05, 0) is 30.5 Å². The molecule has 1 aromatic carbocycles. The van der Waals surface area contributed by atoms with Gasteiger partial charge in [0.2, 0.25) is 0 Å². The van der Waals surface area contributed by atoms with Crippen molar-refractivity contribution in [3.8, 4) is 0 Å². The summed E-state index contributed by atoms with van der Waals surface area (Å²) < 4.78 is 22.8. The summed E-state index contributed by atoms with van der Waals surface area (Å²) in [5.74, 6) is 1.64. The topological polar surface area (TPSA) is 59.1 Å². The monoisotopic (exact) mass is 276 g/mol. The van der Waals surface area contributed by atoms with E-state index in [1.807, 2.05) is 36.4 Å². The van der Waals surface area contributed by atoms with Crippen molar-refractivity contribution in [2.75, 3.05) is 23.4 Å². The highest BCUT2D eigenvalue weighted by atomic mass is 32.2. The van der Waals surface area contributed by atoms with Gasteiger partial charge in [-0.15, -0.1) is 0 Å². The number of benzene rings is 1. The lowest BCUT2D eigenvalue weighted by atomic mass is 10.1. The smallest absolute Gasteiger partial charge is 0.150 e. The standard InChI is InChI=1S/C14H16N2O2S/c17-19(18)8-7-11(10-19)9-15-14-6-5-12-3-1-2-4-13(12)16-14/h1-6,11H,7-10H2,(H,15,16). The van der Waals surface area contributed by atoms with E-state index in [0.717, 1.165) is 23.1 Å². The first-order valence-electron chi connectivity index (χ1n) is 6.42. The molecule has 1 fully saturated rings. The second-order valence-electron chi connectivity index (χ2n) is 5.04. The molecule has 1 atom stereocenters. The highest BCUT2D eigenvalue weighted by molar-refractivity contribution is 7.91. The summed E-state index contributed by atoms with van der Waals surface area (Å²) in [4.78, 5) is 4.51. The SMILES string of the molecule is O=S1(=O)CCC(CNc2ccc3ccccc3n2)C1. The van der Waals surface area contributed by atoms with Crippen molar-refractivity contribution < 1.29 is 8.42 Å². The van der Waals surface area contributed by atoms with E-state index >= 15 is 0 Å². The van der Waals surface area contributed by atoms with Crippen molar-refractivity contribution in [1.29, 1.82) is 0 Å². The molecule has 2 heterocycles. The van der Waals surface area contributed by atoms with Crippen molar-refractivity contribution >= 4 is 26.6 Å². The van der Waals surface area contributed by atoms with E-state index in [0.29, 0.717) is 18.1 Å². The number of para-hydroxylation sites is 1. The third-order valence-electron chi connectivity index (χ3n) is 3.50. The molecule has 0 saturated carbocycles. The molecule has 1 aromatic heterocycles. The Morgan fingerprint density at radius 3 is 2.84 bits per heavy atom. The molecule has 1 unspecified atom stereocenters. The van der Waals surface area contributed by atoms with Crippen LogP contribution in [-0.2, 0) is 9.84 Å². The fourth-order valence-corrected chi connectivity index (χ4v) is 4.31. The summed E-state index contributed by atoms with van der Waals surface area (Å²) >= 11 is 0. The van der Waals surface area contributed by atoms with Crippen LogP contribution in [0.25, 0.3) is 10.9 Å². The molecule has 5 heteroatoms. The number of nitrogens with one attached hydrogen (secondary N) is 1. The number of pyridine rings is 1. The van der Waals surface area contributed by atoms with Crippen LogP contribution >= 0.6 is 0 Å². The van der Waals surface area contributed by atoms with Crippen LogP contribution in [0, 0.1) is 5.92 Å². The van der Waals surface area contributed by atoms with Crippen LogP contribution in [0.3, 0.4) is 0 Å². The van der Waals surface area contributed by atoms with Crippen LogP contribution in [0.1, 0.15) is 6.42 Å². The molecule has 2 aromatic rings. The lowest BCUT2D eigenvalue weighted by molar-refractivity contribution is 0.595. The second kappa shape index (κ2) is 4.81. The number of anilines is 1.